The van der Waals surface area contributed by atoms with Crippen molar-refractivity contribution in [3.05, 3.63) is 30.3 Å². The summed E-state index contributed by atoms with van der Waals surface area (Å²) >= 11 is 0. The van der Waals surface area contributed by atoms with Gasteiger partial charge in [0.1, 0.15) is 12.4 Å². The van der Waals surface area contributed by atoms with E-state index in [0.717, 1.165) is 44.5 Å². The molecule has 0 amide bonds. The van der Waals surface area contributed by atoms with Gasteiger partial charge in [-0.15, -0.1) is 24.0 Å². The van der Waals surface area contributed by atoms with Crippen LogP contribution in [0.2, 0.25) is 0 Å². The van der Waals surface area contributed by atoms with Gasteiger partial charge in [0.25, 0.3) is 0 Å². The van der Waals surface area contributed by atoms with Crippen LogP contribution in [-0.2, 0) is 4.74 Å². The van der Waals surface area contributed by atoms with E-state index in [9.17, 15) is 0 Å². The molecule has 0 bridgehead atoms. The Bertz CT molecular complexity index is 528. The molecule has 27 heavy (non-hydrogen) atoms. The Balaban J connectivity index is 0.00000364. The summed E-state index contributed by atoms with van der Waals surface area (Å²) in [5, 5.41) is 6.60. The molecule has 0 spiro atoms. The first kappa shape index (κ1) is 24.0. The van der Waals surface area contributed by atoms with Gasteiger partial charge in [-0.25, -0.2) is 0 Å². The summed E-state index contributed by atoms with van der Waals surface area (Å²) in [5.41, 5.74) is 0. The molecule has 1 aromatic rings. The molecule has 154 valence electrons. The van der Waals surface area contributed by atoms with E-state index in [4.69, 9.17) is 9.47 Å². The van der Waals surface area contributed by atoms with Crippen LogP contribution in [0.3, 0.4) is 0 Å². The zero-order valence-corrected chi connectivity index (χ0v) is 19.1. The van der Waals surface area contributed by atoms with Crippen LogP contribution in [0.5, 0.6) is 5.75 Å². The third-order valence-corrected chi connectivity index (χ3v) is 4.05. The maximum Gasteiger partial charge on any atom is 0.191 e. The molecule has 6 nitrogen and oxygen atoms in total. The standard InChI is InChI=1S/C20H34N4O2.HI/c1-4-21-20(22-10-12-25-18-8-6-5-7-9-18)23-14-19-16-24(11-13-26-19)15-17(2)3;/h5-9,17,19H,4,10-16H2,1-3H3,(H2,21,22,23);1H. The molecule has 2 N–H and O–H groups in total. The first-order chi connectivity index (χ1) is 12.7. The topological polar surface area (TPSA) is 58.1 Å². The van der Waals surface area contributed by atoms with Crippen LogP contribution < -0.4 is 15.4 Å². The minimum absolute atomic E-state index is 0. The molecule has 1 saturated heterocycles. The van der Waals surface area contributed by atoms with Crippen molar-refractivity contribution in [1.29, 1.82) is 0 Å². The van der Waals surface area contributed by atoms with E-state index in [0.29, 0.717) is 25.6 Å². The Kier molecular flexibility index (Phi) is 12.4. The molecule has 2 rings (SSSR count). The first-order valence-electron chi connectivity index (χ1n) is 9.71. The molecule has 0 saturated carbocycles. The van der Waals surface area contributed by atoms with Crippen LogP contribution in [0.1, 0.15) is 20.8 Å². The lowest BCUT2D eigenvalue weighted by Crippen LogP contribution is -2.46. The fourth-order valence-corrected chi connectivity index (χ4v) is 2.96. The Morgan fingerprint density at radius 1 is 1.30 bits per heavy atom. The van der Waals surface area contributed by atoms with Gasteiger partial charge >= 0.3 is 0 Å². The minimum atomic E-state index is 0. The smallest absolute Gasteiger partial charge is 0.191 e. The largest absolute Gasteiger partial charge is 0.492 e. The van der Waals surface area contributed by atoms with Gasteiger partial charge in [0, 0.05) is 26.2 Å². The fraction of sp³-hybridized carbons (Fsp3) is 0.650. The quantitative estimate of drug-likeness (QED) is 0.241. The molecule has 1 aromatic carbocycles. The van der Waals surface area contributed by atoms with Crippen molar-refractivity contribution in [2.24, 2.45) is 10.9 Å². The lowest BCUT2D eigenvalue weighted by Gasteiger charge is -2.33. The molecular weight excluding hydrogens is 455 g/mol. The number of nitrogens with one attached hydrogen (secondary N) is 2. The fourth-order valence-electron chi connectivity index (χ4n) is 2.96. The number of halogens is 1. The Hall–Kier alpha value is -1.06. The molecule has 1 unspecified atom stereocenters. The predicted molar refractivity (Wildman–Crippen MR) is 122 cm³/mol. The van der Waals surface area contributed by atoms with Gasteiger partial charge in [-0.1, -0.05) is 32.0 Å². The molecule has 1 aliphatic rings. The zero-order valence-electron chi connectivity index (χ0n) is 16.8. The summed E-state index contributed by atoms with van der Waals surface area (Å²) in [6, 6.07) is 9.85. The minimum Gasteiger partial charge on any atom is -0.492 e. The van der Waals surface area contributed by atoms with E-state index in [2.05, 4.69) is 41.3 Å². The highest BCUT2D eigenvalue weighted by molar-refractivity contribution is 14.0. The molecular formula is C20H35IN4O2. The van der Waals surface area contributed by atoms with E-state index < -0.39 is 0 Å². The van der Waals surface area contributed by atoms with E-state index in [1.54, 1.807) is 0 Å². The Labute approximate surface area is 181 Å². The maximum atomic E-state index is 5.87. The molecule has 0 radical (unpaired) electrons. The van der Waals surface area contributed by atoms with Crippen molar-refractivity contribution in [2.45, 2.75) is 26.9 Å². The Morgan fingerprint density at radius 2 is 2.07 bits per heavy atom. The lowest BCUT2D eigenvalue weighted by atomic mass is 10.2. The van der Waals surface area contributed by atoms with E-state index in [1.165, 1.54) is 0 Å². The van der Waals surface area contributed by atoms with Crippen LogP contribution in [0.4, 0.5) is 0 Å². The van der Waals surface area contributed by atoms with Crippen molar-refractivity contribution in [3.8, 4) is 5.75 Å². The summed E-state index contributed by atoms with van der Waals surface area (Å²) in [6.45, 7) is 13.3. The second kappa shape index (κ2) is 14.0. The van der Waals surface area contributed by atoms with Gasteiger partial charge in [-0.2, -0.15) is 0 Å². The highest BCUT2D eigenvalue weighted by Gasteiger charge is 2.20. The van der Waals surface area contributed by atoms with Gasteiger partial charge in [-0.3, -0.25) is 9.89 Å². The molecule has 0 aromatic heterocycles. The molecule has 1 aliphatic heterocycles. The summed E-state index contributed by atoms with van der Waals surface area (Å²) in [7, 11) is 0. The van der Waals surface area contributed by atoms with Crippen LogP contribution in [0, 0.1) is 5.92 Å². The summed E-state index contributed by atoms with van der Waals surface area (Å²) in [6.07, 6.45) is 0.165. The van der Waals surface area contributed by atoms with Crippen LogP contribution in [0.25, 0.3) is 0 Å². The number of morpholine rings is 1. The number of rotatable bonds is 9. The lowest BCUT2D eigenvalue weighted by molar-refractivity contribution is -0.0261. The van der Waals surface area contributed by atoms with Gasteiger partial charge < -0.3 is 20.1 Å². The highest BCUT2D eigenvalue weighted by Crippen LogP contribution is 2.09. The highest BCUT2D eigenvalue weighted by atomic mass is 127. The van der Waals surface area contributed by atoms with E-state index >= 15 is 0 Å². The molecule has 1 fully saturated rings. The number of benzene rings is 1. The van der Waals surface area contributed by atoms with E-state index in [1.807, 2.05) is 30.3 Å². The average Bonchev–Trinajstić information content (AvgIpc) is 2.64. The van der Waals surface area contributed by atoms with Gasteiger partial charge in [0.15, 0.2) is 5.96 Å². The normalized spacial score (nSPS) is 18.1. The summed E-state index contributed by atoms with van der Waals surface area (Å²) < 4.78 is 11.6. The number of ether oxygens (including phenoxy) is 2. The first-order valence-corrected chi connectivity index (χ1v) is 9.71. The number of hydrogen-bond donors (Lipinski definition) is 2. The molecule has 7 heteroatoms. The van der Waals surface area contributed by atoms with Crippen molar-refractivity contribution in [2.75, 3.05) is 52.5 Å². The van der Waals surface area contributed by atoms with Crippen LogP contribution in [-0.4, -0.2) is 69.4 Å². The monoisotopic (exact) mass is 490 g/mol. The van der Waals surface area contributed by atoms with Crippen molar-refractivity contribution in [3.63, 3.8) is 0 Å². The third kappa shape index (κ3) is 10.2. The third-order valence-electron chi connectivity index (χ3n) is 4.05. The van der Waals surface area contributed by atoms with Crippen molar-refractivity contribution in [1.82, 2.24) is 15.5 Å². The van der Waals surface area contributed by atoms with Gasteiger partial charge in [-0.05, 0) is 25.0 Å². The van der Waals surface area contributed by atoms with Gasteiger partial charge in [0.05, 0.1) is 25.8 Å². The number of para-hydroxylation sites is 1. The van der Waals surface area contributed by atoms with Crippen LogP contribution >= 0.6 is 24.0 Å². The van der Waals surface area contributed by atoms with Gasteiger partial charge in [0.2, 0.25) is 0 Å². The number of nitrogens with zero attached hydrogens (tertiary/aromatic N) is 2. The van der Waals surface area contributed by atoms with Crippen molar-refractivity contribution < 1.29 is 9.47 Å². The maximum absolute atomic E-state index is 5.87. The molecule has 0 aliphatic carbocycles. The zero-order chi connectivity index (χ0) is 18.6. The molecule has 1 atom stereocenters. The number of guanidine groups is 1. The Morgan fingerprint density at radius 3 is 2.78 bits per heavy atom. The SMILES string of the molecule is CCNC(=NCC1CN(CC(C)C)CCO1)NCCOc1ccccc1.I. The summed E-state index contributed by atoms with van der Waals surface area (Å²) in [4.78, 5) is 7.16. The second-order valence-electron chi connectivity index (χ2n) is 6.95. The van der Waals surface area contributed by atoms with E-state index in [-0.39, 0.29) is 30.1 Å². The predicted octanol–water partition coefficient (Wildman–Crippen LogP) is 2.60. The summed E-state index contributed by atoms with van der Waals surface area (Å²) in [5.74, 6) is 2.38. The second-order valence-corrected chi connectivity index (χ2v) is 6.95. The number of hydrogen-bond acceptors (Lipinski definition) is 4. The average molecular weight is 490 g/mol. The van der Waals surface area contributed by atoms with Crippen molar-refractivity contribution >= 4 is 29.9 Å². The number of aliphatic imine (C=N–C) groups is 1. The van der Waals surface area contributed by atoms with Crippen LogP contribution in [0.15, 0.2) is 35.3 Å². The molecule has 1 heterocycles.